The van der Waals surface area contributed by atoms with E-state index >= 15 is 0 Å². The summed E-state index contributed by atoms with van der Waals surface area (Å²) in [6, 6.07) is 15.4. The molecule has 3 nitrogen and oxygen atoms in total. The van der Waals surface area contributed by atoms with Crippen LogP contribution in [0.5, 0.6) is 0 Å². The smallest absolute Gasteiger partial charge is 0.226 e. The predicted molar refractivity (Wildman–Crippen MR) is 97.4 cm³/mol. The highest BCUT2D eigenvalue weighted by Gasteiger charge is 2.40. The molecule has 2 atom stereocenters. The minimum atomic E-state index is 0.149. The van der Waals surface area contributed by atoms with Crippen molar-refractivity contribution in [3.8, 4) is 0 Å². The van der Waals surface area contributed by atoms with E-state index in [9.17, 15) is 4.79 Å². The first-order chi connectivity index (χ1) is 11.8. The molecule has 1 amide bonds. The van der Waals surface area contributed by atoms with Crippen LogP contribution < -0.4 is 5.73 Å². The van der Waals surface area contributed by atoms with Crippen molar-refractivity contribution in [2.24, 2.45) is 17.6 Å². The number of hydrogen-bond acceptors (Lipinski definition) is 2. The molecule has 0 bridgehead atoms. The van der Waals surface area contributed by atoms with Crippen LogP contribution in [0.25, 0.3) is 10.8 Å². The van der Waals surface area contributed by atoms with Crippen molar-refractivity contribution in [3.63, 3.8) is 0 Å². The standard InChI is InChI=1S/C21H26N2O/c22-13-18-6-3-7-20(18)21(24)23(19-10-11-19)14-15-8-9-16-4-1-2-5-17(16)12-15/h1-2,4-5,8-9,12,18-20H,3,6-7,10-11,13-14,22H2/t18-,20-/m1/s1. The predicted octanol–water partition coefficient (Wildman–Crippen LogP) is 3.71. The van der Waals surface area contributed by atoms with E-state index in [1.165, 1.54) is 16.3 Å². The molecule has 2 aliphatic carbocycles. The van der Waals surface area contributed by atoms with Crippen molar-refractivity contribution in [3.05, 3.63) is 48.0 Å². The van der Waals surface area contributed by atoms with E-state index in [1.54, 1.807) is 0 Å². The topological polar surface area (TPSA) is 46.3 Å². The van der Waals surface area contributed by atoms with Gasteiger partial charge in [0.25, 0.3) is 0 Å². The number of fused-ring (bicyclic) bond motifs is 1. The van der Waals surface area contributed by atoms with Crippen LogP contribution >= 0.6 is 0 Å². The zero-order valence-corrected chi connectivity index (χ0v) is 14.2. The van der Waals surface area contributed by atoms with Gasteiger partial charge in [0.2, 0.25) is 5.91 Å². The summed E-state index contributed by atoms with van der Waals surface area (Å²) >= 11 is 0. The van der Waals surface area contributed by atoms with Crippen molar-refractivity contribution in [1.29, 1.82) is 0 Å². The Hall–Kier alpha value is -1.87. The van der Waals surface area contributed by atoms with E-state index in [0.29, 0.717) is 24.4 Å². The van der Waals surface area contributed by atoms with E-state index in [4.69, 9.17) is 5.73 Å². The Morgan fingerprint density at radius 3 is 2.58 bits per heavy atom. The number of nitrogens with zero attached hydrogens (tertiary/aromatic N) is 1. The Morgan fingerprint density at radius 2 is 1.83 bits per heavy atom. The third kappa shape index (κ3) is 3.05. The third-order valence-corrected chi connectivity index (χ3v) is 5.72. The summed E-state index contributed by atoms with van der Waals surface area (Å²) in [7, 11) is 0. The van der Waals surface area contributed by atoms with Crippen LogP contribution in [0.1, 0.15) is 37.7 Å². The van der Waals surface area contributed by atoms with Crippen molar-refractivity contribution in [2.45, 2.75) is 44.7 Å². The molecule has 4 rings (SSSR count). The molecule has 2 aromatic rings. The monoisotopic (exact) mass is 322 g/mol. The van der Waals surface area contributed by atoms with Crippen LogP contribution in [0.3, 0.4) is 0 Å². The van der Waals surface area contributed by atoms with Gasteiger partial charge in [-0.2, -0.15) is 0 Å². The van der Waals surface area contributed by atoms with Gasteiger partial charge in [0.1, 0.15) is 0 Å². The molecule has 0 aromatic heterocycles. The van der Waals surface area contributed by atoms with Gasteiger partial charge >= 0.3 is 0 Å². The number of carbonyl (C=O) groups excluding carboxylic acids is 1. The first-order valence-corrected chi connectivity index (χ1v) is 9.24. The molecule has 2 fully saturated rings. The summed E-state index contributed by atoms with van der Waals surface area (Å²) < 4.78 is 0. The fraction of sp³-hybridized carbons (Fsp3) is 0.476. The average Bonchev–Trinajstić information content (AvgIpc) is 3.35. The van der Waals surface area contributed by atoms with Crippen LogP contribution in [0.2, 0.25) is 0 Å². The highest BCUT2D eigenvalue weighted by molar-refractivity contribution is 5.83. The van der Waals surface area contributed by atoms with Gasteiger partial charge in [-0.3, -0.25) is 4.79 Å². The molecule has 126 valence electrons. The fourth-order valence-electron chi connectivity index (χ4n) is 4.16. The van der Waals surface area contributed by atoms with Gasteiger partial charge in [-0.1, -0.05) is 42.8 Å². The van der Waals surface area contributed by atoms with Crippen LogP contribution in [0.4, 0.5) is 0 Å². The van der Waals surface area contributed by atoms with Gasteiger partial charge in [0.15, 0.2) is 0 Å². The lowest BCUT2D eigenvalue weighted by molar-refractivity contribution is -0.137. The van der Waals surface area contributed by atoms with Crippen LogP contribution in [0, 0.1) is 11.8 Å². The molecule has 0 unspecified atom stereocenters. The Bertz CT molecular complexity index is 737. The zero-order valence-electron chi connectivity index (χ0n) is 14.2. The number of carbonyl (C=O) groups is 1. The molecule has 2 aliphatic rings. The second kappa shape index (κ2) is 6.56. The molecular weight excluding hydrogens is 296 g/mol. The summed E-state index contributed by atoms with van der Waals surface area (Å²) in [5, 5.41) is 2.50. The lowest BCUT2D eigenvalue weighted by Crippen LogP contribution is -2.40. The lowest BCUT2D eigenvalue weighted by Gasteiger charge is -2.28. The maximum Gasteiger partial charge on any atom is 0.226 e. The molecule has 3 heteroatoms. The number of nitrogens with two attached hydrogens (primary N) is 1. The largest absolute Gasteiger partial charge is 0.335 e. The minimum absolute atomic E-state index is 0.149. The summed E-state index contributed by atoms with van der Waals surface area (Å²) in [4.78, 5) is 15.3. The molecule has 0 spiro atoms. The Morgan fingerprint density at radius 1 is 1.04 bits per heavy atom. The van der Waals surface area contributed by atoms with Gasteiger partial charge in [-0.05, 0) is 60.5 Å². The SMILES string of the molecule is NC[C@H]1CCC[C@H]1C(=O)N(Cc1ccc2ccccc2c1)C1CC1. The molecular formula is C21H26N2O. The lowest BCUT2D eigenvalue weighted by atomic mass is 9.94. The van der Waals surface area contributed by atoms with E-state index in [2.05, 4.69) is 47.4 Å². The average molecular weight is 322 g/mol. The number of amides is 1. The number of hydrogen-bond donors (Lipinski definition) is 1. The zero-order chi connectivity index (χ0) is 16.5. The highest BCUT2D eigenvalue weighted by atomic mass is 16.2. The van der Waals surface area contributed by atoms with E-state index in [0.717, 1.165) is 38.6 Å². The van der Waals surface area contributed by atoms with Crippen molar-refractivity contribution in [2.75, 3.05) is 6.54 Å². The normalized spacial score (nSPS) is 23.5. The first kappa shape index (κ1) is 15.6. The van der Waals surface area contributed by atoms with Gasteiger partial charge < -0.3 is 10.6 Å². The number of benzene rings is 2. The Balaban J connectivity index is 1.55. The molecule has 0 radical (unpaired) electrons. The second-order valence-corrected chi connectivity index (χ2v) is 7.41. The van der Waals surface area contributed by atoms with Gasteiger partial charge in [-0.15, -0.1) is 0 Å². The molecule has 2 N–H and O–H groups in total. The maximum absolute atomic E-state index is 13.1. The maximum atomic E-state index is 13.1. The summed E-state index contributed by atoms with van der Waals surface area (Å²) in [5.41, 5.74) is 7.13. The van der Waals surface area contributed by atoms with Gasteiger partial charge in [0, 0.05) is 18.5 Å². The fourth-order valence-corrected chi connectivity index (χ4v) is 4.16. The quantitative estimate of drug-likeness (QED) is 0.912. The second-order valence-electron chi connectivity index (χ2n) is 7.41. The van der Waals surface area contributed by atoms with E-state index < -0.39 is 0 Å². The Kier molecular flexibility index (Phi) is 4.28. The molecule has 2 saturated carbocycles. The van der Waals surface area contributed by atoms with E-state index in [-0.39, 0.29) is 5.92 Å². The highest BCUT2D eigenvalue weighted by Crippen LogP contribution is 2.37. The van der Waals surface area contributed by atoms with Gasteiger partial charge in [0.05, 0.1) is 0 Å². The third-order valence-electron chi connectivity index (χ3n) is 5.72. The molecule has 0 aliphatic heterocycles. The van der Waals surface area contributed by atoms with Crippen molar-refractivity contribution < 1.29 is 4.79 Å². The number of rotatable bonds is 5. The summed E-state index contributed by atoms with van der Waals surface area (Å²) in [5.74, 6) is 0.880. The van der Waals surface area contributed by atoms with Crippen LogP contribution in [-0.4, -0.2) is 23.4 Å². The first-order valence-electron chi connectivity index (χ1n) is 9.24. The summed E-state index contributed by atoms with van der Waals surface area (Å²) in [6.45, 7) is 1.38. The molecule has 24 heavy (non-hydrogen) atoms. The van der Waals surface area contributed by atoms with E-state index in [1.807, 2.05) is 0 Å². The molecule has 0 saturated heterocycles. The van der Waals surface area contributed by atoms with Gasteiger partial charge in [-0.25, -0.2) is 0 Å². The Labute approximate surface area is 143 Å². The summed E-state index contributed by atoms with van der Waals surface area (Å²) in [6.07, 6.45) is 5.58. The molecule has 2 aromatic carbocycles. The van der Waals surface area contributed by atoms with Crippen molar-refractivity contribution >= 4 is 16.7 Å². The van der Waals surface area contributed by atoms with Crippen LogP contribution in [0.15, 0.2) is 42.5 Å². The van der Waals surface area contributed by atoms with Crippen molar-refractivity contribution in [1.82, 2.24) is 4.90 Å². The minimum Gasteiger partial charge on any atom is -0.335 e. The van der Waals surface area contributed by atoms with Crippen LogP contribution in [-0.2, 0) is 11.3 Å². The molecule has 0 heterocycles.